The number of ether oxygens (including phenoxy) is 3. The van der Waals surface area contributed by atoms with E-state index in [1.165, 1.54) is 6.92 Å². The molecule has 0 unspecified atom stereocenters. The predicted molar refractivity (Wildman–Crippen MR) is 49.1 cm³/mol. The Labute approximate surface area is 91.9 Å². The van der Waals surface area contributed by atoms with Gasteiger partial charge in [0.1, 0.15) is 6.10 Å². The Hall–Kier alpha value is -1.18. The Morgan fingerprint density at radius 2 is 1.75 bits per heavy atom. The Morgan fingerprint density at radius 3 is 2.25 bits per heavy atom. The van der Waals surface area contributed by atoms with Gasteiger partial charge in [-0.2, -0.15) is 0 Å². The average Bonchev–Trinajstić information content (AvgIpc) is 2.16. The minimum atomic E-state index is -1.43. The molecule has 1 aliphatic rings. The van der Waals surface area contributed by atoms with Crippen molar-refractivity contribution in [2.45, 2.75) is 38.4 Å². The molecule has 7 nitrogen and oxygen atoms in total. The monoisotopic (exact) mass is 234 g/mol. The lowest BCUT2D eigenvalue weighted by atomic mass is 10.1. The van der Waals surface area contributed by atoms with E-state index in [2.05, 4.69) is 4.74 Å². The summed E-state index contributed by atoms with van der Waals surface area (Å²) in [6.07, 6.45) is -4.94. The molecular formula is C9H14O7. The number of hydrogen-bond donors (Lipinski definition) is 2. The zero-order valence-corrected chi connectivity index (χ0v) is 8.95. The standard InChI is InChI=1S/C9H14O7/c1-4(10)15-6-3-14-9(13)8(7(6)12)16-5(2)11/h6-9,12-13H,3H2,1-2H3/t6-,7-,8-,9+/m1/s1. The van der Waals surface area contributed by atoms with Crippen LogP contribution in [0.5, 0.6) is 0 Å². The fourth-order valence-electron chi connectivity index (χ4n) is 1.40. The van der Waals surface area contributed by atoms with Crippen LogP contribution in [-0.2, 0) is 23.8 Å². The maximum atomic E-state index is 10.7. The lowest BCUT2D eigenvalue weighted by Crippen LogP contribution is -2.55. The lowest BCUT2D eigenvalue weighted by Gasteiger charge is -2.36. The second-order valence-electron chi connectivity index (χ2n) is 3.44. The van der Waals surface area contributed by atoms with Crippen LogP contribution in [-0.4, -0.2) is 53.4 Å². The van der Waals surface area contributed by atoms with Gasteiger partial charge in [-0.3, -0.25) is 9.59 Å². The van der Waals surface area contributed by atoms with Crippen LogP contribution in [0.25, 0.3) is 0 Å². The van der Waals surface area contributed by atoms with Crippen LogP contribution in [0.15, 0.2) is 0 Å². The van der Waals surface area contributed by atoms with Crippen LogP contribution in [0.1, 0.15) is 13.8 Å². The van der Waals surface area contributed by atoms with E-state index in [0.29, 0.717) is 0 Å². The number of aliphatic hydroxyl groups excluding tert-OH is 2. The molecule has 1 fully saturated rings. The minimum absolute atomic E-state index is 0.153. The summed E-state index contributed by atoms with van der Waals surface area (Å²) in [7, 11) is 0. The summed E-state index contributed by atoms with van der Waals surface area (Å²) in [5, 5.41) is 19.0. The Morgan fingerprint density at radius 1 is 1.19 bits per heavy atom. The van der Waals surface area contributed by atoms with Crippen LogP contribution >= 0.6 is 0 Å². The summed E-state index contributed by atoms with van der Waals surface area (Å²) >= 11 is 0. The molecule has 0 aromatic rings. The van der Waals surface area contributed by atoms with Crippen LogP contribution in [0.2, 0.25) is 0 Å². The normalized spacial score (nSPS) is 34.2. The van der Waals surface area contributed by atoms with E-state index >= 15 is 0 Å². The molecule has 1 rings (SSSR count). The molecule has 2 N–H and O–H groups in total. The van der Waals surface area contributed by atoms with E-state index in [1.54, 1.807) is 0 Å². The van der Waals surface area contributed by atoms with Crippen molar-refractivity contribution < 1.29 is 34.0 Å². The smallest absolute Gasteiger partial charge is 0.303 e. The van der Waals surface area contributed by atoms with Gasteiger partial charge in [0.2, 0.25) is 0 Å². The molecule has 0 radical (unpaired) electrons. The maximum absolute atomic E-state index is 10.7. The van der Waals surface area contributed by atoms with E-state index in [0.717, 1.165) is 6.92 Å². The van der Waals surface area contributed by atoms with Gasteiger partial charge >= 0.3 is 11.9 Å². The van der Waals surface area contributed by atoms with E-state index in [9.17, 15) is 19.8 Å². The highest BCUT2D eigenvalue weighted by Crippen LogP contribution is 2.19. The summed E-state index contributed by atoms with van der Waals surface area (Å²) < 4.78 is 14.2. The van der Waals surface area contributed by atoms with Crippen molar-refractivity contribution in [1.82, 2.24) is 0 Å². The first-order valence-electron chi connectivity index (χ1n) is 4.74. The second-order valence-corrected chi connectivity index (χ2v) is 3.44. The van der Waals surface area contributed by atoms with E-state index < -0.39 is 36.5 Å². The number of rotatable bonds is 2. The molecule has 0 amide bonds. The molecular weight excluding hydrogens is 220 g/mol. The van der Waals surface area contributed by atoms with Crippen LogP contribution in [0.3, 0.4) is 0 Å². The SMILES string of the molecule is CC(=O)O[C@@H]1[C@H](O)[C@H](OC(C)=O)CO[C@@H]1O. The third-order valence-corrected chi connectivity index (χ3v) is 2.05. The number of esters is 2. The van der Waals surface area contributed by atoms with Crippen molar-refractivity contribution in [3.8, 4) is 0 Å². The third kappa shape index (κ3) is 3.16. The first-order valence-corrected chi connectivity index (χ1v) is 4.74. The summed E-state index contributed by atoms with van der Waals surface area (Å²) in [6, 6.07) is 0. The number of aliphatic hydroxyl groups is 2. The minimum Gasteiger partial charge on any atom is -0.457 e. The maximum Gasteiger partial charge on any atom is 0.303 e. The second kappa shape index (κ2) is 5.24. The third-order valence-electron chi connectivity index (χ3n) is 2.05. The van der Waals surface area contributed by atoms with Gasteiger partial charge in [-0.05, 0) is 0 Å². The van der Waals surface area contributed by atoms with Crippen molar-refractivity contribution in [3.05, 3.63) is 0 Å². The zero-order valence-electron chi connectivity index (χ0n) is 8.95. The van der Waals surface area contributed by atoms with Crippen molar-refractivity contribution in [2.75, 3.05) is 6.61 Å². The Balaban J connectivity index is 2.66. The number of carbonyl (C=O) groups is 2. The first kappa shape index (κ1) is 12.9. The fourth-order valence-corrected chi connectivity index (χ4v) is 1.40. The number of hydrogen-bond acceptors (Lipinski definition) is 7. The predicted octanol–water partition coefficient (Wildman–Crippen LogP) is -1.44. The van der Waals surface area contributed by atoms with Gasteiger partial charge in [0.05, 0.1) is 6.61 Å². The quantitative estimate of drug-likeness (QED) is 0.564. The molecule has 92 valence electrons. The van der Waals surface area contributed by atoms with Crippen molar-refractivity contribution in [1.29, 1.82) is 0 Å². The molecule has 0 saturated carbocycles. The summed E-state index contributed by atoms with van der Waals surface area (Å²) in [6.45, 7) is 2.16. The zero-order chi connectivity index (χ0) is 12.3. The van der Waals surface area contributed by atoms with E-state index in [1.807, 2.05) is 0 Å². The highest BCUT2D eigenvalue weighted by Gasteiger charge is 2.42. The van der Waals surface area contributed by atoms with Crippen LogP contribution in [0.4, 0.5) is 0 Å². The molecule has 0 aromatic carbocycles. The van der Waals surface area contributed by atoms with Gasteiger partial charge in [-0.15, -0.1) is 0 Å². The largest absolute Gasteiger partial charge is 0.457 e. The number of carbonyl (C=O) groups excluding carboxylic acids is 2. The fraction of sp³-hybridized carbons (Fsp3) is 0.778. The van der Waals surface area contributed by atoms with Crippen molar-refractivity contribution >= 4 is 11.9 Å². The Kier molecular flexibility index (Phi) is 4.22. The van der Waals surface area contributed by atoms with Crippen LogP contribution < -0.4 is 0 Å². The van der Waals surface area contributed by atoms with Crippen LogP contribution in [0, 0.1) is 0 Å². The van der Waals surface area contributed by atoms with Gasteiger partial charge in [0.25, 0.3) is 0 Å². The Bertz CT molecular complexity index is 277. The summed E-state index contributed by atoms with van der Waals surface area (Å²) in [4.78, 5) is 21.4. The van der Waals surface area contributed by atoms with Crippen molar-refractivity contribution in [3.63, 3.8) is 0 Å². The van der Waals surface area contributed by atoms with E-state index in [4.69, 9.17) is 9.47 Å². The average molecular weight is 234 g/mol. The molecule has 1 saturated heterocycles. The first-order chi connectivity index (χ1) is 7.41. The van der Waals surface area contributed by atoms with E-state index in [-0.39, 0.29) is 6.61 Å². The lowest BCUT2D eigenvalue weighted by molar-refractivity contribution is -0.263. The molecule has 1 heterocycles. The van der Waals surface area contributed by atoms with Gasteiger partial charge in [-0.25, -0.2) is 0 Å². The topological polar surface area (TPSA) is 102 Å². The molecule has 0 aromatic heterocycles. The van der Waals surface area contributed by atoms with Gasteiger partial charge in [0, 0.05) is 13.8 Å². The molecule has 4 atom stereocenters. The van der Waals surface area contributed by atoms with Crippen molar-refractivity contribution in [2.24, 2.45) is 0 Å². The summed E-state index contributed by atoms with van der Waals surface area (Å²) in [5.74, 6) is -1.26. The molecule has 1 aliphatic heterocycles. The molecule has 0 bridgehead atoms. The van der Waals surface area contributed by atoms with Gasteiger partial charge in [0.15, 0.2) is 18.5 Å². The van der Waals surface area contributed by atoms with Gasteiger partial charge in [-0.1, -0.05) is 0 Å². The van der Waals surface area contributed by atoms with Gasteiger partial charge < -0.3 is 24.4 Å². The molecule has 0 spiro atoms. The molecule has 7 heteroatoms. The highest BCUT2D eigenvalue weighted by atomic mass is 16.7. The molecule has 16 heavy (non-hydrogen) atoms. The highest BCUT2D eigenvalue weighted by molar-refractivity contribution is 5.67. The molecule has 0 aliphatic carbocycles. The summed E-state index contributed by atoms with van der Waals surface area (Å²) in [5.41, 5.74) is 0.